The second kappa shape index (κ2) is 25.4. The second-order valence-corrected chi connectivity index (χ2v) is 21.1. The number of nitrogens with zero attached hydrogens (tertiary/aromatic N) is 2. The number of hydrogen-bond donors (Lipinski definition) is 1. The molecule has 8 bridgehead atoms. The summed E-state index contributed by atoms with van der Waals surface area (Å²) in [5.41, 5.74) is 20.8. The number of hydrogen-bond acceptors (Lipinski definition) is 4. The molecule has 1 aliphatic carbocycles. The molecule has 3 aliphatic heterocycles. The Balaban J connectivity index is 1.22. The highest BCUT2D eigenvalue weighted by Gasteiger charge is 2.30. The summed E-state index contributed by atoms with van der Waals surface area (Å²) in [4.78, 5) is 15.5. The summed E-state index contributed by atoms with van der Waals surface area (Å²) in [5, 5.41) is 0. The van der Waals surface area contributed by atoms with Gasteiger partial charge in [0.2, 0.25) is 0 Å². The van der Waals surface area contributed by atoms with E-state index in [2.05, 4.69) is 241 Å². The molecule has 0 spiro atoms. The molecule has 10 rings (SSSR count). The Kier molecular flexibility index (Phi) is 17.4. The first kappa shape index (κ1) is 53.4. The van der Waals surface area contributed by atoms with Crippen LogP contribution in [0.5, 0.6) is 11.5 Å². The van der Waals surface area contributed by atoms with Crippen LogP contribution < -0.4 is 9.47 Å². The number of ether oxygens (including phenoxy) is 2. The summed E-state index contributed by atoms with van der Waals surface area (Å²) < 4.78 is 13.7. The van der Waals surface area contributed by atoms with Crippen LogP contribution in [0.1, 0.15) is 137 Å². The average molecular weight is 1030 g/mol. The van der Waals surface area contributed by atoms with Gasteiger partial charge in [-0.3, -0.25) is 0 Å². The van der Waals surface area contributed by atoms with Gasteiger partial charge in [-0.15, -0.1) is 0 Å². The van der Waals surface area contributed by atoms with Gasteiger partial charge in [0, 0.05) is 50.4 Å². The summed E-state index contributed by atoms with van der Waals surface area (Å²) in [7, 11) is 0. The molecule has 6 aromatic rings. The van der Waals surface area contributed by atoms with Crippen LogP contribution in [0.25, 0.3) is 28.4 Å². The third-order valence-electron chi connectivity index (χ3n) is 15.7. The minimum absolute atomic E-state index is 0.481. The fraction of sp³-hybridized carbons (Fsp3) is 0.260. The molecule has 5 nitrogen and oxygen atoms in total. The molecule has 394 valence electrons. The number of H-pyrrole nitrogens is 1. The zero-order valence-electron chi connectivity index (χ0n) is 46.6. The number of rotatable bonds is 21. The number of aliphatic imine (C=N–C) groups is 2. The zero-order valence-corrected chi connectivity index (χ0v) is 46.6. The van der Waals surface area contributed by atoms with Crippen LogP contribution in [0.2, 0.25) is 0 Å². The van der Waals surface area contributed by atoms with Gasteiger partial charge in [0.25, 0.3) is 0 Å². The van der Waals surface area contributed by atoms with Gasteiger partial charge in [-0.2, -0.15) is 0 Å². The maximum Gasteiger partial charge on any atom is 0.127 e. The first-order valence-electron chi connectivity index (χ1n) is 28.7. The molecular weight excluding hydrogens is 951 g/mol. The van der Waals surface area contributed by atoms with Gasteiger partial charge in [-0.05, 0) is 120 Å². The highest BCUT2D eigenvalue weighted by molar-refractivity contribution is 6.37. The Morgan fingerprint density at radius 3 is 1.38 bits per heavy atom. The SMILES string of the molecule is C/C=C/C1=CC2=C(c3ccccc3)c3ccc([nH]3)C(c3ccccc3)=C3C=C(/C=C/c4cc(OCC(CC)CCCC)c(C)cc4OCC(CC)CCCC)C(=N3)C(c3ccccc3)=C3C=CC(=C(c4ccccc4)C1=N2)C3. The number of aryl methyl sites for hydroxylation is 1. The lowest BCUT2D eigenvalue weighted by Gasteiger charge is -2.20. The van der Waals surface area contributed by atoms with Crippen LogP contribution in [-0.2, 0) is 0 Å². The molecule has 0 fully saturated rings. The maximum atomic E-state index is 6.91. The summed E-state index contributed by atoms with van der Waals surface area (Å²) in [6.45, 7) is 14.7. The van der Waals surface area contributed by atoms with E-state index >= 15 is 0 Å². The summed E-state index contributed by atoms with van der Waals surface area (Å²) >= 11 is 0. The molecule has 0 radical (unpaired) electrons. The third kappa shape index (κ3) is 11.9. The van der Waals surface area contributed by atoms with E-state index in [4.69, 9.17) is 19.5 Å². The third-order valence-corrected chi connectivity index (χ3v) is 15.7. The van der Waals surface area contributed by atoms with Crippen LogP contribution in [0.4, 0.5) is 0 Å². The lowest BCUT2D eigenvalue weighted by atomic mass is 9.88. The van der Waals surface area contributed by atoms with Gasteiger partial charge in [-0.1, -0.05) is 224 Å². The Morgan fingerprint density at radius 2 is 0.949 bits per heavy atom. The molecule has 4 aliphatic rings. The van der Waals surface area contributed by atoms with E-state index in [0.29, 0.717) is 31.5 Å². The molecule has 1 N–H and O–H groups in total. The van der Waals surface area contributed by atoms with Gasteiger partial charge < -0.3 is 14.5 Å². The van der Waals surface area contributed by atoms with Gasteiger partial charge >= 0.3 is 0 Å². The lowest BCUT2D eigenvalue weighted by molar-refractivity contribution is 0.226. The molecule has 5 aromatic carbocycles. The lowest BCUT2D eigenvalue weighted by Crippen LogP contribution is -2.13. The molecular formula is C73H75N3O2. The summed E-state index contributed by atoms with van der Waals surface area (Å²) in [6.07, 6.45) is 28.0. The normalized spacial score (nSPS) is 16.1. The van der Waals surface area contributed by atoms with Crippen molar-refractivity contribution in [1.82, 2.24) is 4.98 Å². The molecule has 78 heavy (non-hydrogen) atoms. The Labute approximate surface area is 464 Å². The first-order chi connectivity index (χ1) is 38.4. The van der Waals surface area contributed by atoms with Crippen molar-refractivity contribution >= 4 is 39.8 Å². The second-order valence-electron chi connectivity index (χ2n) is 21.1. The number of fused-ring (bicyclic) bond motifs is 6. The van der Waals surface area contributed by atoms with E-state index in [1.165, 1.54) is 43.3 Å². The van der Waals surface area contributed by atoms with E-state index in [0.717, 1.165) is 132 Å². The van der Waals surface area contributed by atoms with Crippen LogP contribution in [-0.4, -0.2) is 29.6 Å². The van der Waals surface area contributed by atoms with E-state index in [9.17, 15) is 0 Å². The molecule has 0 saturated carbocycles. The zero-order chi connectivity index (χ0) is 53.8. The van der Waals surface area contributed by atoms with E-state index < -0.39 is 0 Å². The molecule has 0 amide bonds. The summed E-state index contributed by atoms with van der Waals surface area (Å²) in [5.74, 6) is 2.77. The minimum Gasteiger partial charge on any atom is -0.493 e. The van der Waals surface area contributed by atoms with E-state index in [1.807, 2.05) is 0 Å². The fourth-order valence-electron chi connectivity index (χ4n) is 11.2. The Bertz CT molecular complexity index is 3460. The number of nitrogens with one attached hydrogen (secondary N) is 1. The standard InChI is InChI=1S/C73H75N3O2/c1-7-12-27-51(10-4)48-77-66-47-57(67(43-50(66)6)78-49-52(11-5)28-13-8-2)37-40-61-46-65-71(56-35-24-17-25-36-56)63-42-41-62(74-63)70(55-33-22-16-23-34-55)64-45-60(26-9-3)72(75-64)68(53-29-18-14-19-30-53)58-38-39-59(44-58)69(73(61)76-65)54-31-20-15-21-32-54/h9,14-26,29-43,45-47,51-52,74H,7-8,10-13,27-28,44,48-49H2,1-6H3/b26-9+,40-37+,68-58?,69-59?,70-62?,70-64?,71-63?,71-65?,72-68?,73-69?. The smallest absolute Gasteiger partial charge is 0.127 e. The highest BCUT2D eigenvalue weighted by atomic mass is 16.5. The molecule has 5 heteroatoms. The fourth-order valence-corrected chi connectivity index (χ4v) is 11.2. The monoisotopic (exact) mass is 1030 g/mol. The molecule has 2 atom stereocenters. The largest absolute Gasteiger partial charge is 0.493 e. The first-order valence-corrected chi connectivity index (χ1v) is 28.7. The van der Waals surface area contributed by atoms with Crippen molar-refractivity contribution in [3.05, 3.63) is 267 Å². The van der Waals surface area contributed by atoms with Crippen LogP contribution in [0.15, 0.2) is 232 Å². The number of unbranched alkanes of at least 4 members (excludes halogenated alkanes) is 2. The molecule has 4 heterocycles. The number of allylic oxidation sites excluding steroid dienone is 13. The van der Waals surface area contributed by atoms with Crippen molar-refractivity contribution in [3.63, 3.8) is 0 Å². The molecule has 0 saturated heterocycles. The van der Waals surface area contributed by atoms with Crippen molar-refractivity contribution in [2.75, 3.05) is 13.2 Å². The number of benzene rings is 5. The van der Waals surface area contributed by atoms with Crippen molar-refractivity contribution < 1.29 is 9.47 Å². The molecule has 2 unspecified atom stereocenters. The maximum absolute atomic E-state index is 6.91. The van der Waals surface area contributed by atoms with E-state index in [1.54, 1.807) is 0 Å². The van der Waals surface area contributed by atoms with Gasteiger partial charge in [0.05, 0.1) is 36.0 Å². The average Bonchev–Trinajstić information content (AvgIpc) is 4.38. The highest BCUT2D eigenvalue weighted by Crippen LogP contribution is 2.44. The van der Waals surface area contributed by atoms with Crippen molar-refractivity contribution in [2.24, 2.45) is 21.8 Å². The van der Waals surface area contributed by atoms with Crippen LogP contribution in [0, 0.1) is 18.8 Å². The number of aromatic amines is 1. The van der Waals surface area contributed by atoms with E-state index in [-0.39, 0.29) is 0 Å². The predicted octanol–water partition coefficient (Wildman–Crippen LogP) is 19.0. The van der Waals surface area contributed by atoms with Crippen molar-refractivity contribution in [3.8, 4) is 11.5 Å². The topological polar surface area (TPSA) is 59.0 Å². The Morgan fingerprint density at radius 1 is 0.513 bits per heavy atom. The Hall–Kier alpha value is -8.02. The van der Waals surface area contributed by atoms with Crippen LogP contribution in [0.3, 0.4) is 0 Å². The minimum atomic E-state index is 0.481. The number of aromatic nitrogens is 1. The van der Waals surface area contributed by atoms with Crippen molar-refractivity contribution in [2.45, 2.75) is 99.3 Å². The van der Waals surface area contributed by atoms with Crippen molar-refractivity contribution in [1.29, 1.82) is 0 Å². The predicted molar refractivity (Wildman–Crippen MR) is 330 cm³/mol. The molecule has 1 aromatic heterocycles. The van der Waals surface area contributed by atoms with Gasteiger partial charge in [0.1, 0.15) is 11.5 Å². The van der Waals surface area contributed by atoms with Gasteiger partial charge in [0.15, 0.2) is 0 Å². The van der Waals surface area contributed by atoms with Crippen LogP contribution >= 0.6 is 0 Å². The quantitative estimate of drug-likeness (QED) is 0.0781. The van der Waals surface area contributed by atoms with Gasteiger partial charge in [-0.25, -0.2) is 9.98 Å². The summed E-state index contributed by atoms with van der Waals surface area (Å²) in [6, 6.07) is 51.8.